The molecular formula is C22H21N3O2. The van der Waals surface area contributed by atoms with Crippen LogP contribution in [0.3, 0.4) is 0 Å². The number of nitrogens with zero attached hydrogens (tertiary/aromatic N) is 1. The van der Waals surface area contributed by atoms with Crippen molar-refractivity contribution in [1.82, 2.24) is 5.43 Å². The van der Waals surface area contributed by atoms with E-state index in [1.54, 1.807) is 0 Å². The summed E-state index contributed by atoms with van der Waals surface area (Å²) in [6, 6.07) is 23.2. The lowest BCUT2D eigenvalue weighted by molar-refractivity contribution is -0.124. The number of hydrogen-bond donors (Lipinski definition) is 2. The normalized spacial score (nSPS) is 11.2. The molecule has 0 aliphatic rings. The predicted octanol–water partition coefficient (Wildman–Crippen LogP) is 4.10. The van der Waals surface area contributed by atoms with E-state index in [9.17, 15) is 9.59 Å². The lowest BCUT2D eigenvalue weighted by Gasteiger charge is -2.08. The van der Waals surface area contributed by atoms with Crippen LogP contribution in [0.5, 0.6) is 0 Å². The molecule has 2 N–H and O–H groups in total. The highest BCUT2D eigenvalue weighted by atomic mass is 16.2. The first-order valence-corrected chi connectivity index (χ1v) is 8.79. The number of rotatable bonds is 6. The average Bonchev–Trinajstić information content (AvgIpc) is 2.71. The van der Waals surface area contributed by atoms with E-state index in [4.69, 9.17) is 0 Å². The summed E-state index contributed by atoms with van der Waals surface area (Å²) in [4.78, 5) is 24.1. The number of nitrogens with one attached hydrogen (secondary N) is 2. The van der Waals surface area contributed by atoms with Crippen LogP contribution in [0, 0.1) is 0 Å². The molecular weight excluding hydrogens is 338 g/mol. The van der Waals surface area contributed by atoms with Gasteiger partial charge in [-0.1, -0.05) is 66.7 Å². The van der Waals surface area contributed by atoms with Crippen LogP contribution < -0.4 is 10.7 Å². The van der Waals surface area contributed by atoms with Crippen LogP contribution >= 0.6 is 0 Å². The number of carbonyl (C=O) groups excluding carboxylic acids is 2. The molecule has 27 heavy (non-hydrogen) atoms. The highest BCUT2D eigenvalue weighted by Gasteiger charge is 2.09. The molecule has 5 heteroatoms. The average molecular weight is 359 g/mol. The summed E-state index contributed by atoms with van der Waals surface area (Å²) in [6.45, 7) is 1.82. The Labute approximate surface area is 158 Å². The maximum atomic E-state index is 12.2. The van der Waals surface area contributed by atoms with Crippen molar-refractivity contribution in [3.05, 3.63) is 78.4 Å². The monoisotopic (exact) mass is 359 g/mol. The van der Waals surface area contributed by atoms with E-state index in [1.807, 2.05) is 79.7 Å². The minimum Gasteiger partial charge on any atom is -0.326 e. The smallest absolute Gasteiger partial charge is 0.240 e. The molecule has 0 aliphatic heterocycles. The maximum absolute atomic E-state index is 12.2. The molecule has 3 aromatic rings. The summed E-state index contributed by atoms with van der Waals surface area (Å²) in [5.74, 6) is -0.497. The molecule has 3 aromatic carbocycles. The Morgan fingerprint density at radius 1 is 0.815 bits per heavy atom. The summed E-state index contributed by atoms with van der Waals surface area (Å²) >= 11 is 0. The van der Waals surface area contributed by atoms with E-state index < -0.39 is 0 Å². The molecule has 136 valence electrons. The molecule has 0 spiro atoms. The molecule has 0 heterocycles. The molecule has 0 unspecified atom stereocenters. The molecule has 0 atom stereocenters. The van der Waals surface area contributed by atoms with Gasteiger partial charge in [-0.25, -0.2) is 5.43 Å². The number of anilines is 1. The van der Waals surface area contributed by atoms with Crippen LogP contribution in [0.2, 0.25) is 0 Å². The van der Waals surface area contributed by atoms with Crippen molar-refractivity contribution in [3.63, 3.8) is 0 Å². The minimum absolute atomic E-state index is 0.0716. The first-order chi connectivity index (χ1) is 13.1. The second-order valence-corrected chi connectivity index (χ2v) is 6.17. The minimum atomic E-state index is -0.293. The van der Waals surface area contributed by atoms with Crippen molar-refractivity contribution < 1.29 is 9.59 Å². The van der Waals surface area contributed by atoms with E-state index in [0.29, 0.717) is 5.71 Å². The molecule has 0 bridgehead atoms. The predicted molar refractivity (Wildman–Crippen MR) is 109 cm³/mol. The van der Waals surface area contributed by atoms with Crippen molar-refractivity contribution in [3.8, 4) is 0 Å². The number of fused-ring (bicyclic) bond motifs is 1. The van der Waals surface area contributed by atoms with Gasteiger partial charge in [-0.2, -0.15) is 5.10 Å². The molecule has 2 amide bonds. The quantitative estimate of drug-likeness (QED) is 0.514. The number of hydrazone groups is 1. The third-order valence-corrected chi connectivity index (χ3v) is 4.18. The fourth-order valence-corrected chi connectivity index (χ4v) is 2.72. The summed E-state index contributed by atoms with van der Waals surface area (Å²) < 4.78 is 0. The topological polar surface area (TPSA) is 70.6 Å². The zero-order valence-electron chi connectivity index (χ0n) is 15.1. The lowest BCUT2D eigenvalue weighted by atomic mass is 10.1. The Bertz CT molecular complexity index is 976. The highest BCUT2D eigenvalue weighted by molar-refractivity contribution is 6.03. The van der Waals surface area contributed by atoms with Gasteiger partial charge >= 0.3 is 0 Å². The van der Waals surface area contributed by atoms with Gasteiger partial charge in [-0.05, 0) is 23.9 Å². The first kappa shape index (κ1) is 18.3. The van der Waals surface area contributed by atoms with E-state index in [0.717, 1.165) is 22.0 Å². The van der Waals surface area contributed by atoms with Crippen molar-refractivity contribution >= 4 is 34.0 Å². The molecule has 0 fully saturated rings. The number of carbonyl (C=O) groups is 2. The molecule has 0 aliphatic carbocycles. The highest BCUT2D eigenvalue weighted by Crippen LogP contribution is 2.23. The molecule has 0 saturated carbocycles. The van der Waals surface area contributed by atoms with Gasteiger partial charge in [0.1, 0.15) is 0 Å². The Balaban J connectivity index is 1.52. The van der Waals surface area contributed by atoms with Gasteiger partial charge in [0.25, 0.3) is 0 Å². The second-order valence-electron chi connectivity index (χ2n) is 6.17. The van der Waals surface area contributed by atoms with Crippen molar-refractivity contribution in [2.24, 2.45) is 5.10 Å². The Morgan fingerprint density at radius 3 is 2.30 bits per heavy atom. The van der Waals surface area contributed by atoms with Crippen LogP contribution in [0.4, 0.5) is 5.69 Å². The second kappa shape index (κ2) is 8.76. The van der Waals surface area contributed by atoms with Gasteiger partial charge in [-0.3, -0.25) is 9.59 Å². The van der Waals surface area contributed by atoms with E-state index in [-0.39, 0.29) is 24.7 Å². The first-order valence-electron chi connectivity index (χ1n) is 8.79. The fraction of sp³-hybridized carbons (Fsp3) is 0.136. The number of amides is 2. The standard InChI is InChI=1S/C22H21N3O2/c1-16(17-8-3-2-4-9-17)24-25-22(27)15-14-21(26)23-20-13-7-11-18-10-5-6-12-19(18)20/h2-13H,14-15H2,1H3,(H,23,26)(H,25,27)/b24-16-. The van der Waals surface area contributed by atoms with Gasteiger partial charge in [-0.15, -0.1) is 0 Å². The van der Waals surface area contributed by atoms with Crippen molar-refractivity contribution in [1.29, 1.82) is 0 Å². The molecule has 0 radical (unpaired) electrons. The zero-order valence-corrected chi connectivity index (χ0v) is 15.1. The van der Waals surface area contributed by atoms with Gasteiger partial charge in [0.2, 0.25) is 11.8 Å². The van der Waals surface area contributed by atoms with E-state index in [2.05, 4.69) is 15.8 Å². The summed E-state index contributed by atoms with van der Waals surface area (Å²) in [5.41, 5.74) is 4.89. The number of hydrogen-bond acceptors (Lipinski definition) is 3. The van der Waals surface area contributed by atoms with Crippen LogP contribution in [0.1, 0.15) is 25.3 Å². The summed E-state index contributed by atoms with van der Waals surface area (Å²) in [7, 11) is 0. The number of benzene rings is 3. The molecule has 0 saturated heterocycles. The van der Waals surface area contributed by atoms with Crippen molar-refractivity contribution in [2.75, 3.05) is 5.32 Å². The third kappa shape index (κ3) is 5.01. The summed E-state index contributed by atoms with van der Waals surface area (Å²) in [5, 5.41) is 8.99. The Kier molecular flexibility index (Phi) is 5.94. The van der Waals surface area contributed by atoms with Crippen molar-refractivity contribution in [2.45, 2.75) is 19.8 Å². The van der Waals surface area contributed by atoms with Crippen LogP contribution in [0.25, 0.3) is 10.8 Å². The van der Waals surface area contributed by atoms with E-state index in [1.165, 1.54) is 0 Å². The Hall–Kier alpha value is -3.47. The van der Waals surface area contributed by atoms with Crippen LogP contribution in [-0.4, -0.2) is 17.5 Å². The molecule has 0 aromatic heterocycles. The van der Waals surface area contributed by atoms with E-state index >= 15 is 0 Å². The Morgan fingerprint density at radius 2 is 1.48 bits per heavy atom. The lowest BCUT2D eigenvalue weighted by Crippen LogP contribution is -2.21. The fourth-order valence-electron chi connectivity index (χ4n) is 2.72. The third-order valence-electron chi connectivity index (χ3n) is 4.18. The van der Waals surface area contributed by atoms with Crippen LogP contribution in [-0.2, 0) is 9.59 Å². The summed E-state index contributed by atoms with van der Waals surface area (Å²) in [6.07, 6.45) is 0.164. The largest absolute Gasteiger partial charge is 0.326 e. The maximum Gasteiger partial charge on any atom is 0.240 e. The van der Waals surface area contributed by atoms with Gasteiger partial charge in [0.15, 0.2) is 0 Å². The zero-order chi connectivity index (χ0) is 19.1. The van der Waals surface area contributed by atoms with Gasteiger partial charge in [0.05, 0.1) is 5.71 Å². The van der Waals surface area contributed by atoms with Gasteiger partial charge < -0.3 is 5.32 Å². The van der Waals surface area contributed by atoms with Gasteiger partial charge in [0, 0.05) is 23.9 Å². The SMILES string of the molecule is C/C(=N/NC(=O)CCC(=O)Nc1cccc2ccccc12)c1ccccc1. The molecule has 5 nitrogen and oxygen atoms in total. The van der Waals surface area contributed by atoms with Crippen LogP contribution in [0.15, 0.2) is 77.9 Å². The molecule has 3 rings (SSSR count).